The molecule has 386 valence electrons. The fourth-order valence-corrected chi connectivity index (χ4v) is 11.9. The molecule has 0 aliphatic carbocycles. The van der Waals surface area contributed by atoms with Gasteiger partial charge in [0.2, 0.25) is 0 Å². The third-order valence-electron chi connectivity index (χ3n) is 16.6. The minimum absolute atomic E-state index is 0.0353. The van der Waals surface area contributed by atoms with Gasteiger partial charge in [-0.15, -0.1) is 0 Å². The van der Waals surface area contributed by atoms with Crippen molar-refractivity contribution in [2.45, 2.75) is 157 Å². The number of hydrogen-bond donors (Lipinski definition) is 0. The largest absolute Gasteiger partial charge is 0.311 e. The second-order valence-corrected chi connectivity index (χ2v) is 28.5. The minimum Gasteiger partial charge on any atom is -0.311 e. The smallest absolute Gasteiger partial charge is 0.252 e. The summed E-state index contributed by atoms with van der Waals surface area (Å²) in [5.41, 5.74) is 24.8. The van der Waals surface area contributed by atoms with Crippen LogP contribution >= 0.6 is 0 Å². The maximum absolute atomic E-state index is 2.68. The maximum atomic E-state index is 2.68. The average molecular weight is 998 g/mol. The van der Waals surface area contributed by atoms with E-state index in [1.165, 1.54) is 117 Å². The van der Waals surface area contributed by atoms with Crippen molar-refractivity contribution in [1.82, 2.24) is 4.57 Å². The molecule has 0 saturated heterocycles. The molecule has 3 nitrogen and oxygen atoms in total. The summed E-state index contributed by atoms with van der Waals surface area (Å²) in [6, 6.07) is 61.9. The normalized spacial score (nSPS) is 14.1. The molecule has 3 heterocycles. The van der Waals surface area contributed by atoms with Crippen molar-refractivity contribution in [2.75, 3.05) is 9.80 Å². The molecule has 0 saturated carbocycles. The van der Waals surface area contributed by atoms with Gasteiger partial charge in [-0.1, -0.05) is 216 Å². The van der Waals surface area contributed by atoms with E-state index in [-0.39, 0.29) is 39.2 Å². The maximum Gasteiger partial charge on any atom is 0.252 e. The SMILES string of the molecule is CC(C)(C)c1cc(N2c3cc(C(C)(C)C)ccc3B3c4ccc(C(C)(C)C)cc4N(c4cc(C(C)(C)C)cc(C(C)(C)C)c4)c4cc(-c5cccc6c7ccccc7n(-c7ccccc7)c56)cc2c43)cc(C(C)(C)C)c1. The van der Waals surface area contributed by atoms with Crippen molar-refractivity contribution in [3.63, 3.8) is 0 Å². The molecule has 11 rings (SSSR count). The zero-order valence-corrected chi connectivity index (χ0v) is 48.9. The van der Waals surface area contributed by atoms with Crippen LogP contribution in [0.25, 0.3) is 38.6 Å². The zero-order chi connectivity index (χ0) is 54.4. The van der Waals surface area contributed by atoms with Gasteiger partial charge in [0.25, 0.3) is 6.71 Å². The van der Waals surface area contributed by atoms with E-state index in [0.29, 0.717) is 0 Å². The molecule has 0 atom stereocenters. The summed E-state index contributed by atoms with van der Waals surface area (Å²) in [5, 5.41) is 2.50. The molecule has 0 amide bonds. The van der Waals surface area contributed by atoms with Gasteiger partial charge in [-0.25, -0.2) is 0 Å². The van der Waals surface area contributed by atoms with Crippen molar-refractivity contribution < 1.29 is 0 Å². The van der Waals surface area contributed by atoms with Crippen LogP contribution in [0.3, 0.4) is 0 Å². The second-order valence-electron chi connectivity index (χ2n) is 28.5. The van der Waals surface area contributed by atoms with Crippen molar-refractivity contribution in [2.24, 2.45) is 0 Å². The first-order chi connectivity index (χ1) is 35.5. The van der Waals surface area contributed by atoms with Crippen LogP contribution in [0.15, 0.2) is 158 Å². The number of fused-ring (bicyclic) bond motifs is 7. The molecule has 1 aromatic heterocycles. The highest BCUT2D eigenvalue weighted by Crippen LogP contribution is 2.51. The van der Waals surface area contributed by atoms with E-state index >= 15 is 0 Å². The number of hydrogen-bond acceptors (Lipinski definition) is 2. The van der Waals surface area contributed by atoms with Crippen molar-refractivity contribution in [1.29, 1.82) is 0 Å². The van der Waals surface area contributed by atoms with E-state index in [0.717, 1.165) is 5.69 Å². The fourth-order valence-electron chi connectivity index (χ4n) is 11.9. The van der Waals surface area contributed by atoms with Gasteiger partial charge >= 0.3 is 0 Å². The Kier molecular flexibility index (Phi) is 11.7. The summed E-state index contributed by atoms with van der Waals surface area (Å²) in [6.07, 6.45) is 0. The summed E-state index contributed by atoms with van der Waals surface area (Å²) in [7, 11) is 0. The van der Waals surface area contributed by atoms with Gasteiger partial charge in [0, 0.05) is 56.1 Å². The lowest BCUT2D eigenvalue weighted by molar-refractivity contribution is 0.568. The zero-order valence-electron chi connectivity index (χ0n) is 48.9. The first-order valence-corrected chi connectivity index (χ1v) is 28.0. The van der Waals surface area contributed by atoms with E-state index in [4.69, 9.17) is 0 Å². The summed E-state index contributed by atoms with van der Waals surface area (Å²) in [4.78, 5) is 5.36. The number of benzene rings is 8. The van der Waals surface area contributed by atoms with Gasteiger partial charge in [-0.05, 0) is 155 Å². The Balaban J connectivity index is 1.36. The van der Waals surface area contributed by atoms with Crippen LogP contribution in [0, 0.1) is 0 Å². The lowest BCUT2D eigenvalue weighted by atomic mass is 9.33. The number of aromatic nitrogens is 1. The Morgan fingerprint density at radius 2 is 0.724 bits per heavy atom. The first-order valence-electron chi connectivity index (χ1n) is 28.0. The Labute approximate surface area is 456 Å². The minimum atomic E-state index is -0.0878. The van der Waals surface area contributed by atoms with E-state index in [2.05, 4.69) is 297 Å². The molecular weight excluding hydrogens is 918 g/mol. The summed E-state index contributed by atoms with van der Waals surface area (Å²) >= 11 is 0. The number of anilines is 6. The van der Waals surface area contributed by atoms with E-state index in [1.807, 2.05) is 0 Å². The highest BCUT2D eigenvalue weighted by molar-refractivity contribution is 7.00. The molecule has 0 fully saturated rings. The monoisotopic (exact) mass is 998 g/mol. The quantitative estimate of drug-likeness (QED) is 0.163. The highest BCUT2D eigenvalue weighted by atomic mass is 15.2. The summed E-state index contributed by atoms with van der Waals surface area (Å²) < 4.78 is 2.50. The van der Waals surface area contributed by atoms with Crippen LogP contribution in [0.5, 0.6) is 0 Å². The van der Waals surface area contributed by atoms with Crippen LogP contribution < -0.4 is 26.2 Å². The molecule has 2 aliphatic heterocycles. The van der Waals surface area contributed by atoms with E-state index < -0.39 is 0 Å². The molecule has 0 N–H and O–H groups in total. The summed E-state index contributed by atoms with van der Waals surface area (Å²) in [5.74, 6) is 0. The molecular formula is C72H80BN3. The molecule has 0 bridgehead atoms. The standard InChI is InChI=1S/C72H80BN3/c1-67(2,3)46-31-33-58-61(43-46)74(53-39-48(69(7,8)9)37-49(40-53)70(10,11)12)63-35-45(55-28-24-29-57-56-27-22-23-30-60(56)76(66(55)57)52-25-20-19-21-26-52)36-64-65(63)73(58)59-34-32-47(68(4,5)6)44-62(59)75(64)54-41-50(71(13,14)15)38-51(42-54)72(16,17)18/h19-44H,1-18H3. The lowest BCUT2D eigenvalue weighted by Gasteiger charge is -2.46. The molecule has 0 radical (unpaired) electrons. The summed E-state index contributed by atoms with van der Waals surface area (Å²) in [6.45, 7) is 42.5. The molecule has 4 heteroatoms. The van der Waals surface area contributed by atoms with Crippen LogP contribution in [-0.2, 0) is 32.5 Å². The van der Waals surface area contributed by atoms with Crippen molar-refractivity contribution >= 4 is 79.0 Å². The Bertz CT molecular complexity index is 3540. The van der Waals surface area contributed by atoms with Gasteiger partial charge in [-0.3, -0.25) is 0 Å². The van der Waals surface area contributed by atoms with Crippen LogP contribution in [0.2, 0.25) is 0 Å². The van der Waals surface area contributed by atoms with Gasteiger partial charge in [-0.2, -0.15) is 0 Å². The Morgan fingerprint density at radius 1 is 0.316 bits per heavy atom. The van der Waals surface area contributed by atoms with Crippen LogP contribution in [-0.4, -0.2) is 11.3 Å². The molecule has 8 aromatic carbocycles. The van der Waals surface area contributed by atoms with Gasteiger partial charge in [0.05, 0.1) is 11.0 Å². The molecule has 76 heavy (non-hydrogen) atoms. The number of rotatable bonds is 4. The highest BCUT2D eigenvalue weighted by Gasteiger charge is 2.45. The third-order valence-corrected chi connectivity index (χ3v) is 16.6. The molecule has 0 unspecified atom stereocenters. The van der Waals surface area contributed by atoms with Crippen LogP contribution in [0.4, 0.5) is 34.1 Å². The predicted molar refractivity (Wildman–Crippen MR) is 332 cm³/mol. The number of para-hydroxylation sites is 3. The molecule has 2 aliphatic rings. The second kappa shape index (κ2) is 17.4. The van der Waals surface area contributed by atoms with Gasteiger partial charge in [0.1, 0.15) is 0 Å². The lowest BCUT2D eigenvalue weighted by Crippen LogP contribution is -2.61. The van der Waals surface area contributed by atoms with Gasteiger partial charge in [0.15, 0.2) is 0 Å². The Morgan fingerprint density at radius 3 is 1.16 bits per heavy atom. The average Bonchev–Trinajstić information content (AvgIpc) is 3.83. The molecule has 9 aromatic rings. The third kappa shape index (κ3) is 8.69. The fraction of sp³-hybridized carbons (Fsp3) is 0.333. The Hall–Kier alpha value is -6.78. The number of nitrogens with zero attached hydrogens (tertiary/aromatic N) is 3. The van der Waals surface area contributed by atoms with E-state index in [9.17, 15) is 0 Å². The predicted octanol–water partition coefficient (Wildman–Crippen LogP) is 18.3. The van der Waals surface area contributed by atoms with Gasteiger partial charge < -0.3 is 14.4 Å². The van der Waals surface area contributed by atoms with Crippen LogP contribution in [0.1, 0.15) is 158 Å². The van der Waals surface area contributed by atoms with Crippen molar-refractivity contribution in [3.05, 3.63) is 191 Å². The topological polar surface area (TPSA) is 11.4 Å². The van der Waals surface area contributed by atoms with E-state index in [1.54, 1.807) is 0 Å². The first kappa shape index (κ1) is 51.3. The van der Waals surface area contributed by atoms with Crippen molar-refractivity contribution in [3.8, 4) is 16.8 Å². The molecule has 0 spiro atoms.